The smallest absolute Gasteiger partial charge is 0.131 e. The summed E-state index contributed by atoms with van der Waals surface area (Å²) in [5.74, 6) is 2.75. The van der Waals surface area contributed by atoms with Crippen molar-refractivity contribution in [1.82, 2.24) is 0 Å². The van der Waals surface area contributed by atoms with E-state index in [9.17, 15) is 0 Å². The summed E-state index contributed by atoms with van der Waals surface area (Å²) in [6.45, 7) is 6.70. The molecule has 0 atom stereocenters. The van der Waals surface area contributed by atoms with Crippen LogP contribution in [0.1, 0.15) is 11.1 Å². The van der Waals surface area contributed by atoms with Crippen molar-refractivity contribution in [3.8, 4) is 17.2 Å². The molecule has 0 spiro atoms. The van der Waals surface area contributed by atoms with Gasteiger partial charge >= 0.3 is 0 Å². The second kappa shape index (κ2) is 8.92. The lowest BCUT2D eigenvalue weighted by atomic mass is 10.1. The summed E-state index contributed by atoms with van der Waals surface area (Å²) in [4.78, 5) is 3.23. The number of para-hydroxylation sites is 1. The first-order valence-electron chi connectivity index (χ1n) is 9.23. The molecule has 0 bridgehead atoms. The second-order valence-corrected chi connectivity index (χ2v) is 6.84. The maximum Gasteiger partial charge on any atom is 0.131 e. The third kappa shape index (κ3) is 4.48. The van der Waals surface area contributed by atoms with Gasteiger partial charge in [-0.2, -0.15) is 0 Å². The van der Waals surface area contributed by atoms with Crippen LogP contribution in [-0.2, 0) is 13.1 Å². The minimum absolute atomic E-state index is 0.840. The van der Waals surface area contributed by atoms with Crippen LogP contribution in [0.3, 0.4) is 0 Å². The topological polar surface area (TPSA) is 36.6 Å². The van der Waals surface area contributed by atoms with Crippen molar-refractivity contribution >= 4 is 0 Å². The van der Waals surface area contributed by atoms with Crippen molar-refractivity contribution in [3.05, 3.63) is 53.6 Å². The van der Waals surface area contributed by atoms with Gasteiger partial charge in [-0.25, -0.2) is 0 Å². The Labute approximate surface area is 156 Å². The number of hydrogen-bond donors (Lipinski definition) is 2. The van der Waals surface area contributed by atoms with Crippen molar-refractivity contribution < 1.29 is 24.0 Å². The van der Waals surface area contributed by atoms with Crippen LogP contribution in [-0.4, -0.2) is 47.5 Å². The highest BCUT2D eigenvalue weighted by molar-refractivity contribution is 5.40. The molecule has 1 aliphatic rings. The molecule has 1 fully saturated rings. The molecule has 0 unspecified atom stereocenters. The van der Waals surface area contributed by atoms with Gasteiger partial charge in [-0.1, -0.05) is 12.1 Å². The van der Waals surface area contributed by atoms with E-state index in [2.05, 4.69) is 18.2 Å². The Kier molecular flexibility index (Phi) is 6.36. The van der Waals surface area contributed by atoms with Gasteiger partial charge in [-0.3, -0.25) is 0 Å². The van der Waals surface area contributed by atoms with Crippen LogP contribution in [0.25, 0.3) is 0 Å². The lowest BCUT2D eigenvalue weighted by Gasteiger charge is -2.30. The maximum atomic E-state index is 5.54. The number of piperazine rings is 1. The van der Waals surface area contributed by atoms with Gasteiger partial charge in [0.2, 0.25) is 0 Å². The van der Waals surface area contributed by atoms with Crippen LogP contribution >= 0.6 is 0 Å². The fourth-order valence-electron chi connectivity index (χ4n) is 3.70. The number of methoxy groups -OCH3 is 3. The fraction of sp³-hybridized carbons (Fsp3) is 0.429. The fourth-order valence-corrected chi connectivity index (χ4v) is 3.70. The number of rotatable bonds is 7. The number of hydrogen-bond acceptors (Lipinski definition) is 3. The van der Waals surface area contributed by atoms with Crippen molar-refractivity contribution in [3.63, 3.8) is 0 Å². The number of nitrogens with one attached hydrogen (secondary N) is 2. The molecule has 1 aliphatic heterocycles. The van der Waals surface area contributed by atoms with Crippen LogP contribution in [0.4, 0.5) is 0 Å². The number of benzene rings is 2. The van der Waals surface area contributed by atoms with Crippen LogP contribution in [0.15, 0.2) is 42.5 Å². The lowest BCUT2D eigenvalue weighted by Crippen LogP contribution is -3.27. The summed E-state index contributed by atoms with van der Waals surface area (Å²) >= 11 is 0. The van der Waals surface area contributed by atoms with Crippen LogP contribution in [0, 0.1) is 0 Å². The normalized spacial score (nSPS) is 19.8. The predicted octanol–water partition coefficient (Wildman–Crippen LogP) is 0.196. The molecule has 140 valence electrons. The van der Waals surface area contributed by atoms with Gasteiger partial charge < -0.3 is 24.0 Å². The second-order valence-electron chi connectivity index (χ2n) is 6.84. The van der Waals surface area contributed by atoms with E-state index in [4.69, 9.17) is 14.2 Å². The molecule has 26 heavy (non-hydrogen) atoms. The summed E-state index contributed by atoms with van der Waals surface area (Å²) < 4.78 is 16.3. The highest BCUT2D eigenvalue weighted by Gasteiger charge is 2.25. The quantitative estimate of drug-likeness (QED) is 0.742. The Morgan fingerprint density at radius 3 is 1.85 bits per heavy atom. The molecule has 0 saturated carbocycles. The van der Waals surface area contributed by atoms with E-state index in [1.807, 2.05) is 24.3 Å². The number of ether oxygens (including phenoxy) is 3. The first-order valence-corrected chi connectivity index (χ1v) is 9.23. The van der Waals surface area contributed by atoms with E-state index >= 15 is 0 Å². The molecule has 0 aliphatic carbocycles. The van der Waals surface area contributed by atoms with Gasteiger partial charge in [0.25, 0.3) is 0 Å². The van der Waals surface area contributed by atoms with Crippen molar-refractivity contribution in [2.75, 3.05) is 47.5 Å². The standard InChI is InChI=1S/C21H28N2O3/c1-24-19-9-8-18(21(14-19)26-3)16-23-12-10-22(11-13-23)15-17-6-4-5-7-20(17)25-2/h4-9,14H,10-13,15-16H2,1-3H3/p+2. The molecule has 5 heteroatoms. The van der Waals surface area contributed by atoms with Crippen LogP contribution < -0.4 is 24.0 Å². The minimum atomic E-state index is 0.840. The number of quaternary nitrogens is 2. The molecule has 3 rings (SSSR count). The van der Waals surface area contributed by atoms with E-state index in [1.54, 1.807) is 31.1 Å². The Balaban J connectivity index is 1.56. The Morgan fingerprint density at radius 2 is 1.27 bits per heavy atom. The Morgan fingerprint density at radius 1 is 0.692 bits per heavy atom. The summed E-state index contributed by atoms with van der Waals surface area (Å²) in [6.07, 6.45) is 0. The molecule has 1 saturated heterocycles. The van der Waals surface area contributed by atoms with E-state index < -0.39 is 0 Å². The van der Waals surface area contributed by atoms with Crippen molar-refractivity contribution in [1.29, 1.82) is 0 Å². The van der Waals surface area contributed by atoms with Crippen molar-refractivity contribution in [2.24, 2.45) is 0 Å². The van der Waals surface area contributed by atoms with Gasteiger partial charge in [0.15, 0.2) is 0 Å². The van der Waals surface area contributed by atoms with Gasteiger partial charge in [0.1, 0.15) is 56.5 Å². The maximum absolute atomic E-state index is 5.54. The summed E-state index contributed by atoms with van der Waals surface area (Å²) in [7, 11) is 5.16. The lowest BCUT2D eigenvalue weighted by molar-refractivity contribution is -1.02. The Bertz CT molecular complexity index is 712. The molecular formula is C21H30N2O3+2. The average Bonchev–Trinajstić information content (AvgIpc) is 2.70. The highest BCUT2D eigenvalue weighted by Crippen LogP contribution is 2.23. The molecular weight excluding hydrogens is 328 g/mol. The molecule has 2 aromatic rings. The summed E-state index contributed by atoms with van der Waals surface area (Å²) in [5.41, 5.74) is 2.54. The third-order valence-corrected chi connectivity index (χ3v) is 5.23. The zero-order valence-electron chi connectivity index (χ0n) is 16.0. The minimum Gasteiger partial charge on any atom is -0.497 e. The average molecular weight is 358 g/mol. The summed E-state index contributed by atoms with van der Waals surface area (Å²) in [5, 5.41) is 0. The van der Waals surface area contributed by atoms with Crippen molar-refractivity contribution in [2.45, 2.75) is 13.1 Å². The first-order chi connectivity index (χ1) is 12.7. The zero-order valence-corrected chi connectivity index (χ0v) is 16.0. The van der Waals surface area contributed by atoms with Crippen LogP contribution in [0.5, 0.6) is 17.2 Å². The monoisotopic (exact) mass is 358 g/mol. The molecule has 0 aromatic heterocycles. The molecule has 5 nitrogen and oxygen atoms in total. The zero-order chi connectivity index (χ0) is 18.4. The third-order valence-electron chi connectivity index (χ3n) is 5.23. The first kappa shape index (κ1) is 18.5. The van der Waals surface area contributed by atoms with Gasteiger partial charge in [-0.05, 0) is 24.3 Å². The van der Waals surface area contributed by atoms with Gasteiger partial charge in [-0.15, -0.1) is 0 Å². The van der Waals surface area contributed by atoms with E-state index in [0.717, 1.165) is 30.3 Å². The van der Waals surface area contributed by atoms with E-state index in [0.29, 0.717) is 0 Å². The largest absolute Gasteiger partial charge is 0.497 e. The molecule has 2 aromatic carbocycles. The van der Waals surface area contributed by atoms with E-state index in [-0.39, 0.29) is 0 Å². The SMILES string of the molecule is COc1ccc(C[NH+]2CC[NH+](Cc3ccccc3OC)CC2)c(OC)c1. The summed E-state index contributed by atoms with van der Waals surface area (Å²) in [6, 6.07) is 14.5. The molecule has 1 heterocycles. The Hall–Kier alpha value is -2.24. The van der Waals surface area contributed by atoms with E-state index in [1.165, 1.54) is 37.3 Å². The van der Waals surface area contributed by atoms with Gasteiger partial charge in [0, 0.05) is 17.2 Å². The highest BCUT2D eigenvalue weighted by atomic mass is 16.5. The molecule has 0 amide bonds. The van der Waals surface area contributed by atoms with Crippen LogP contribution in [0.2, 0.25) is 0 Å². The molecule has 2 N–H and O–H groups in total. The molecule has 0 radical (unpaired) electrons. The van der Waals surface area contributed by atoms with Gasteiger partial charge in [0.05, 0.1) is 21.3 Å². The predicted molar refractivity (Wildman–Crippen MR) is 101 cm³/mol.